The van der Waals surface area contributed by atoms with Gasteiger partial charge in [0, 0.05) is 19.3 Å². The van der Waals surface area contributed by atoms with Crippen LogP contribution < -0.4 is 11.1 Å². The Morgan fingerprint density at radius 3 is 2.91 bits per heavy atom. The zero-order chi connectivity index (χ0) is 16.8. The van der Waals surface area contributed by atoms with E-state index >= 15 is 0 Å². The fourth-order valence-corrected chi connectivity index (χ4v) is 2.83. The summed E-state index contributed by atoms with van der Waals surface area (Å²) in [6.45, 7) is 5.08. The van der Waals surface area contributed by atoms with Crippen LogP contribution in [0.15, 0.2) is 18.3 Å². The van der Waals surface area contributed by atoms with E-state index in [0.29, 0.717) is 25.3 Å². The summed E-state index contributed by atoms with van der Waals surface area (Å²) in [4.78, 5) is 30.6. The van der Waals surface area contributed by atoms with Crippen LogP contribution in [-0.2, 0) is 9.59 Å². The van der Waals surface area contributed by atoms with Crippen LogP contribution in [0.2, 0.25) is 0 Å². The molecule has 2 heterocycles. The molecule has 0 aliphatic carbocycles. The second-order valence-electron chi connectivity index (χ2n) is 6.23. The molecule has 1 aromatic rings. The van der Waals surface area contributed by atoms with E-state index < -0.39 is 6.04 Å². The van der Waals surface area contributed by atoms with E-state index in [1.165, 1.54) is 0 Å². The van der Waals surface area contributed by atoms with E-state index in [1.54, 1.807) is 17.2 Å². The molecule has 0 bridgehead atoms. The minimum Gasteiger partial charge on any atom is -0.341 e. The minimum absolute atomic E-state index is 0.0437. The van der Waals surface area contributed by atoms with Gasteiger partial charge in [-0.15, -0.1) is 0 Å². The first-order valence-corrected chi connectivity index (χ1v) is 8.29. The Morgan fingerprint density at radius 1 is 1.48 bits per heavy atom. The van der Waals surface area contributed by atoms with Crippen molar-refractivity contribution in [2.24, 2.45) is 11.7 Å². The number of carbonyl (C=O) groups is 2. The van der Waals surface area contributed by atoms with Crippen LogP contribution in [0.5, 0.6) is 0 Å². The van der Waals surface area contributed by atoms with Crippen molar-refractivity contribution < 1.29 is 9.59 Å². The Balaban J connectivity index is 1.93. The molecule has 0 saturated carbocycles. The van der Waals surface area contributed by atoms with Crippen molar-refractivity contribution >= 4 is 17.6 Å². The highest BCUT2D eigenvalue weighted by atomic mass is 16.2. The molecular formula is C17H26N4O2. The van der Waals surface area contributed by atoms with Crippen LogP contribution in [0.1, 0.15) is 38.2 Å². The fraction of sp³-hybridized carbons (Fsp3) is 0.588. The van der Waals surface area contributed by atoms with Crippen molar-refractivity contribution in [2.75, 3.05) is 18.4 Å². The van der Waals surface area contributed by atoms with Gasteiger partial charge in [0.1, 0.15) is 5.82 Å². The van der Waals surface area contributed by atoms with Crippen molar-refractivity contribution in [3.63, 3.8) is 0 Å². The summed E-state index contributed by atoms with van der Waals surface area (Å²) < 4.78 is 0. The van der Waals surface area contributed by atoms with Gasteiger partial charge in [-0.3, -0.25) is 9.59 Å². The number of carbonyl (C=O) groups excluding carboxylic acids is 2. The van der Waals surface area contributed by atoms with E-state index in [2.05, 4.69) is 10.3 Å². The lowest BCUT2D eigenvalue weighted by Crippen LogP contribution is -2.49. The number of rotatable bonds is 5. The molecule has 6 nitrogen and oxygen atoms in total. The molecule has 0 radical (unpaired) electrons. The van der Waals surface area contributed by atoms with Crippen molar-refractivity contribution in [1.82, 2.24) is 9.88 Å². The van der Waals surface area contributed by atoms with Gasteiger partial charge in [-0.05, 0) is 37.8 Å². The maximum atomic E-state index is 12.4. The number of piperidine rings is 1. The Kier molecular flexibility index (Phi) is 6.10. The Morgan fingerprint density at radius 2 is 2.26 bits per heavy atom. The lowest BCUT2D eigenvalue weighted by molar-refractivity contribution is -0.136. The predicted molar refractivity (Wildman–Crippen MR) is 89.8 cm³/mol. The first-order chi connectivity index (χ1) is 11.0. The molecule has 23 heavy (non-hydrogen) atoms. The standard InChI is InChI=1S/C17H26N4O2/c1-3-5-14(18)17(23)21-9-4-6-13(11-21)16(22)20-15-8-7-12(2)10-19-15/h7-8,10,13-14H,3-6,9,11,18H2,1-2H3,(H,19,20,22). The molecule has 3 N–H and O–H groups in total. The van der Waals surface area contributed by atoms with Crippen molar-refractivity contribution in [1.29, 1.82) is 0 Å². The van der Waals surface area contributed by atoms with Crippen molar-refractivity contribution in [3.05, 3.63) is 23.9 Å². The van der Waals surface area contributed by atoms with Crippen molar-refractivity contribution in [3.8, 4) is 0 Å². The summed E-state index contributed by atoms with van der Waals surface area (Å²) in [5.74, 6) is 0.220. The fourth-order valence-electron chi connectivity index (χ4n) is 2.83. The molecule has 6 heteroatoms. The number of aromatic nitrogens is 1. The third kappa shape index (κ3) is 4.76. The second-order valence-corrected chi connectivity index (χ2v) is 6.23. The summed E-state index contributed by atoms with van der Waals surface area (Å²) in [5.41, 5.74) is 6.96. The summed E-state index contributed by atoms with van der Waals surface area (Å²) in [5, 5.41) is 2.83. The van der Waals surface area contributed by atoms with Gasteiger partial charge in [-0.1, -0.05) is 19.4 Å². The number of anilines is 1. The number of nitrogens with two attached hydrogens (primary N) is 1. The minimum atomic E-state index is -0.458. The van der Waals surface area contributed by atoms with Crippen LogP contribution in [0, 0.1) is 12.8 Å². The number of nitrogens with zero attached hydrogens (tertiary/aromatic N) is 2. The lowest BCUT2D eigenvalue weighted by Gasteiger charge is -2.33. The van der Waals surface area contributed by atoms with Crippen LogP contribution in [0.3, 0.4) is 0 Å². The van der Waals surface area contributed by atoms with Gasteiger partial charge in [-0.2, -0.15) is 0 Å². The molecule has 1 aromatic heterocycles. The molecule has 1 saturated heterocycles. The summed E-state index contributed by atoms with van der Waals surface area (Å²) >= 11 is 0. The van der Waals surface area contributed by atoms with Gasteiger partial charge in [-0.25, -0.2) is 4.98 Å². The maximum Gasteiger partial charge on any atom is 0.239 e. The van der Waals surface area contributed by atoms with Crippen LogP contribution in [-0.4, -0.2) is 40.8 Å². The zero-order valence-electron chi connectivity index (χ0n) is 13.9. The highest BCUT2D eigenvalue weighted by Crippen LogP contribution is 2.19. The molecule has 0 aromatic carbocycles. The van der Waals surface area contributed by atoms with Crippen LogP contribution in [0.4, 0.5) is 5.82 Å². The zero-order valence-corrected chi connectivity index (χ0v) is 13.9. The number of likely N-dealkylation sites (tertiary alicyclic amines) is 1. The van der Waals surface area contributed by atoms with E-state index in [4.69, 9.17) is 5.73 Å². The Labute approximate surface area is 137 Å². The number of amides is 2. The van der Waals surface area contributed by atoms with Gasteiger partial charge >= 0.3 is 0 Å². The molecule has 1 aliphatic rings. The van der Waals surface area contributed by atoms with E-state index in [9.17, 15) is 9.59 Å². The lowest BCUT2D eigenvalue weighted by atomic mass is 9.96. The molecular weight excluding hydrogens is 292 g/mol. The maximum absolute atomic E-state index is 12.4. The normalized spacial score (nSPS) is 19.3. The first kappa shape index (κ1) is 17.4. The van der Waals surface area contributed by atoms with E-state index in [1.807, 2.05) is 19.9 Å². The number of aryl methyl sites for hydroxylation is 1. The summed E-state index contributed by atoms with van der Waals surface area (Å²) in [7, 11) is 0. The smallest absolute Gasteiger partial charge is 0.239 e. The van der Waals surface area contributed by atoms with Crippen LogP contribution >= 0.6 is 0 Å². The van der Waals surface area contributed by atoms with Gasteiger partial charge in [0.15, 0.2) is 0 Å². The first-order valence-electron chi connectivity index (χ1n) is 8.29. The highest BCUT2D eigenvalue weighted by Gasteiger charge is 2.30. The molecule has 0 spiro atoms. The quantitative estimate of drug-likeness (QED) is 0.865. The number of hydrogen-bond acceptors (Lipinski definition) is 4. The molecule has 126 valence electrons. The van der Waals surface area contributed by atoms with Gasteiger partial charge in [0.25, 0.3) is 0 Å². The predicted octanol–water partition coefficient (Wildman–Crippen LogP) is 1.69. The van der Waals surface area contributed by atoms with E-state index in [0.717, 1.165) is 24.8 Å². The molecule has 2 amide bonds. The molecule has 2 rings (SSSR count). The molecule has 2 atom stereocenters. The Bertz CT molecular complexity index is 544. The SMILES string of the molecule is CCCC(N)C(=O)N1CCCC(C(=O)Nc2ccc(C)cn2)C1. The largest absolute Gasteiger partial charge is 0.341 e. The molecule has 1 aliphatic heterocycles. The highest BCUT2D eigenvalue weighted by molar-refractivity contribution is 5.92. The average molecular weight is 318 g/mol. The van der Waals surface area contributed by atoms with Gasteiger partial charge in [0.2, 0.25) is 11.8 Å². The summed E-state index contributed by atoms with van der Waals surface area (Å²) in [6, 6.07) is 3.24. The third-order valence-electron chi connectivity index (χ3n) is 4.18. The number of pyridine rings is 1. The molecule has 2 unspecified atom stereocenters. The van der Waals surface area contributed by atoms with Crippen LogP contribution in [0.25, 0.3) is 0 Å². The van der Waals surface area contributed by atoms with Gasteiger partial charge < -0.3 is 16.0 Å². The second kappa shape index (κ2) is 8.06. The Hall–Kier alpha value is -1.95. The van der Waals surface area contributed by atoms with Gasteiger partial charge in [0.05, 0.1) is 12.0 Å². The number of hydrogen-bond donors (Lipinski definition) is 2. The summed E-state index contributed by atoms with van der Waals surface area (Å²) in [6.07, 6.45) is 4.88. The molecule has 1 fully saturated rings. The van der Waals surface area contributed by atoms with Crippen molar-refractivity contribution in [2.45, 2.75) is 45.6 Å². The van der Waals surface area contributed by atoms with E-state index in [-0.39, 0.29) is 17.7 Å². The monoisotopic (exact) mass is 318 g/mol. The average Bonchev–Trinajstić information content (AvgIpc) is 2.56. The third-order valence-corrected chi connectivity index (χ3v) is 4.18. The topological polar surface area (TPSA) is 88.3 Å². The number of nitrogens with one attached hydrogen (secondary N) is 1.